The highest BCUT2D eigenvalue weighted by molar-refractivity contribution is 6.06. The Morgan fingerprint density at radius 2 is 1.81 bits per heavy atom. The summed E-state index contributed by atoms with van der Waals surface area (Å²) in [4.78, 5) is 48.6. The normalized spacial score (nSPS) is 39.3. The zero-order chi connectivity index (χ0) is 31.3. The molecule has 0 aromatic rings. The molecule has 0 saturated heterocycles. The molecule has 11 heteroatoms. The Hall–Kier alpha value is -3.18. The number of fused-ring (bicyclic) bond motifs is 5. The fraction of sp³-hybridized carbons (Fsp3) is 0.645. The summed E-state index contributed by atoms with van der Waals surface area (Å²) in [7, 11) is 0. The number of aliphatic hydroxyl groups excluding tert-OH is 1. The highest BCUT2D eigenvalue weighted by Gasteiger charge is 2.75. The standard InChI is InChI=1S/C31H43FN4O6/c1-7-23(37)31(42)18(4)12-22-21-9-8-19-13-20(10-11-28(19,5)30(21,32)24(38)14-29(22,31)6)35-36-26(40)16-33-25(39)15-34-27(41)17(2)3/h10-11,13,18,21-22,24,38,42H,2,7-9,12,14-16H2,1,3-6H3,(H,33,39)(H,34,41)(H,36,40)/b35-20-/t18-,21+,22+,24+,28+,29+,30+,31+/m1/s1. The summed E-state index contributed by atoms with van der Waals surface area (Å²) in [6.07, 6.45) is 5.26. The molecule has 0 aromatic carbocycles. The molecule has 42 heavy (non-hydrogen) atoms. The fourth-order valence-electron chi connectivity index (χ4n) is 8.21. The lowest BCUT2D eigenvalue weighted by Crippen LogP contribution is -2.69. The lowest BCUT2D eigenvalue weighted by molar-refractivity contribution is -0.218. The van der Waals surface area contributed by atoms with Gasteiger partial charge in [-0.3, -0.25) is 19.2 Å². The molecule has 0 aromatic heterocycles. The summed E-state index contributed by atoms with van der Waals surface area (Å²) in [5.74, 6) is -3.02. The van der Waals surface area contributed by atoms with Gasteiger partial charge in [-0.25, -0.2) is 9.82 Å². The van der Waals surface area contributed by atoms with E-state index in [1.165, 1.54) is 6.92 Å². The number of nitrogens with one attached hydrogen (secondary N) is 3. The van der Waals surface area contributed by atoms with Gasteiger partial charge < -0.3 is 20.8 Å². The van der Waals surface area contributed by atoms with E-state index in [1.807, 2.05) is 13.8 Å². The molecule has 0 radical (unpaired) electrons. The maximum atomic E-state index is 17.5. The number of aliphatic hydroxyl groups is 2. The van der Waals surface area contributed by atoms with Crippen molar-refractivity contribution in [2.75, 3.05) is 13.1 Å². The predicted octanol–water partition coefficient (Wildman–Crippen LogP) is 2.03. The van der Waals surface area contributed by atoms with Crippen LogP contribution >= 0.6 is 0 Å². The molecule has 0 heterocycles. The van der Waals surface area contributed by atoms with Crippen LogP contribution in [0.3, 0.4) is 0 Å². The van der Waals surface area contributed by atoms with Crippen LogP contribution in [0.2, 0.25) is 0 Å². The molecule has 3 amide bonds. The van der Waals surface area contributed by atoms with Gasteiger partial charge in [-0.1, -0.05) is 39.0 Å². The summed E-state index contributed by atoms with van der Waals surface area (Å²) in [5, 5.41) is 32.1. The van der Waals surface area contributed by atoms with Gasteiger partial charge in [0.25, 0.3) is 5.91 Å². The van der Waals surface area contributed by atoms with Crippen molar-refractivity contribution >= 4 is 29.2 Å². The van der Waals surface area contributed by atoms with Crippen LogP contribution < -0.4 is 16.1 Å². The van der Waals surface area contributed by atoms with Gasteiger partial charge in [0.05, 0.1) is 24.9 Å². The Morgan fingerprint density at radius 3 is 2.45 bits per heavy atom. The number of carbonyl (C=O) groups is 4. The highest BCUT2D eigenvalue weighted by Crippen LogP contribution is 2.70. The molecule has 0 unspecified atom stereocenters. The number of Topliss-reactive ketones (excluding diaryl/α,β-unsaturated/α-hetero) is 1. The minimum atomic E-state index is -2.02. The summed E-state index contributed by atoms with van der Waals surface area (Å²) >= 11 is 0. The monoisotopic (exact) mass is 586 g/mol. The molecular formula is C31H43FN4O6. The first-order valence-electron chi connectivity index (χ1n) is 14.7. The number of carbonyl (C=O) groups excluding carboxylic acids is 4. The minimum absolute atomic E-state index is 0.0203. The predicted molar refractivity (Wildman–Crippen MR) is 155 cm³/mol. The number of alkyl halides is 1. The molecule has 230 valence electrons. The molecule has 0 aliphatic heterocycles. The molecule has 0 spiro atoms. The first-order chi connectivity index (χ1) is 19.6. The van der Waals surface area contributed by atoms with Gasteiger partial charge in [-0.15, -0.1) is 0 Å². The third-order valence-electron chi connectivity index (χ3n) is 10.5. The van der Waals surface area contributed by atoms with E-state index in [4.69, 9.17) is 0 Å². The lowest BCUT2D eigenvalue weighted by atomic mass is 9.44. The quantitative estimate of drug-likeness (QED) is 0.216. The van der Waals surface area contributed by atoms with Crippen LogP contribution in [0.15, 0.2) is 41.1 Å². The maximum absolute atomic E-state index is 17.5. The molecule has 4 rings (SSSR count). The summed E-state index contributed by atoms with van der Waals surface area (Å²) in [6, 6.07) is 0. The second-order valence-corrected chi connectivity index (χ2v) is 12.9. The van der Waals surface area contributed by atoms with E-state index < -0.39 is 51.8 Å². The van der Waals surface area contributed by atoms with Crippen LogP contribution in [0.1, 0.15) is 66.7 Å². The summed E-state index contributed by atoms with van der Waals surface area (Å²) in [6.45, 7) is 11.5. The molecule has 4 aliphatic rings. The second kappa shape index (κ2) is 11.1. The van der Waals surface area contributed by atoms with Crippen LogP contribution in [0, 0.1) is 28.6 Å². The maximum Gasteiger partial charge on any atom is 0.259 e. The average molecular weight is 587 g/mol. The fourth-order valence-corrected chi connectivity index (χ4v) is 8.21. The SMILES string of the molecule is C=C(C)C(=O)NCC(=O)NCC(=O)N/N=C1/C=C[C@@]2(C)C(=C1)CC[C@H]1[C@@H]3C[C@@H](C)[C@](O)(C(=O)CC)[C@@]3(C)C[C@H](O)[C@@]12F. The molecule has 0 bridgehead atoms. The zero-order valence-corrected chi connectivity index (χ0v) is 25.1. The number of amides is 3. The van der Waals surface area contributed by atoms with Gasteiger partial charge in [0.1, 0.15) is 5.60 Å². The van der Waals surface area contributed by atoms with Gasteiger partial charge in [0, 0.05) is 28.7 Å². The Balaban J connectivity index is 1.46. The van der Waals surface area contributed by atoms with Crippen molar-refractivity contribution in [2.45, 2.75) is 84.1 Å². The number of rotatable bonds is 8. The van der Waals surface area contributed by atoms with Gasteiger partial charge in [0.15, 0.2) is 11.5 Å². The van der Waals surface area contributed by atoms with Gasteiger partial charge >= 0.3 is 0 Å². The van der Waals surface area contributed by atoms with Crippen LogP contribution in [0.4, 0.5) is 4.39 Å². The number of hydrogen-bond donors (Lipinski definition) is 5. The lowest BCUT2D eigenvalue weighted by Gasteiger charge is -2.62. The number of hydrogen-bond acceptors (Lipinski definition) is 7. The van der Waals surface area contributed by atoms with E-state index in [1.54, 1.807) is 32.1 Å². The van der Waals surface area contributed by atoms with Crippen LogP contribution in [0.25, 0.3) is 0 Å². The van der Waals surface area contributed by atoms with E-state index in [0.29, 0.717) is 25.0 Å². The topological polar surface area (TPSA) is 157 Å². The Labute approximate surface area is 246 Å². The second-order valence-electron chi connectivity index (χ2n) is 12.9. The van der Waals surface area contributed by atoms with Crippen molar-refractivity contribution in [3.8, 4) is 0 Å². The van der Waals surface area contributed by atoms with Crippen molar-refractivity contribution in [3.05, 3.63) is 36.0 Å². The molecule has 5 N–H and O–H groups in total. The van der Waals surface area contributed by atoms with Crippen molar-refractivity contribution in [1.82, 2.24) is 16.1 Å². The van der Waals surface area contributed by atoms with Crippen LogP contribution in [0.5, 0.6) is 0 Å². The first kappa shape index (κ1) is 31.7. The van der Waals surface area contributed by atoms with Crippen LogP contribution in [-0.4, -0.2) is 69.9 Å². The van der Waals surface area contributed by atoms with Crippen molar-refractivity contribution in [1.29, 1.82) is 0 Å². The van der Waals surface area contributed by atoms with E-state index in [0.717, 1.165) is 5.57 Å². The summed E-state index contributed by atoms with van der Waals surface area (Å²) in [5.41, 5.74) is -1.93. The minimum Gasteiger partial charge on any atom is -0.390 e. The number of ketones is 1. The molecule has 3 saturated carbocycles. The Morgan fingerprint density at radius 1 is 1.14 bits per heavy atom. The first-order valence-corrected chi connectivity index (χ1v) is 14.7. The number of allylic oxidation sites excluding steroid dienone is 4. The van der Waals surface area contributed by atoms with E-state index in [2.05, 4.69) is 27.7 Å². The van der Waals surface area contributed by atoms with Gasteiger partial charge in [0.2, 0.25) is 11.8 Å². The van der Waals surface area contributed by atoms with Gasteiger partial charge in [-0.2, -0.15) is 5.10 Å². The van der Waals surface area contributed by atoms with E-state index in [9.17, 15) is 29.4 Å². The average Bonchev–Trinajstić information content (AvgIpc) is 3.15. The van der Waals surface area contributed by atoms with Crippen molar-refractivity contribution in [3.63, 3.8) is 0 Å². The number of nitrogens with zero attached hydrogens (tertiary/aromatic N) is 1. The third-order valence-corrected chi connectivity index (χ3v) is 10.5. The van der Waals surface area contributed by atoms with Crippen molar-refractivity contribution in [2.24, 2.45) is 33.7 Å². The summed E-state index contributed by atoms with van der Waals surface area (Å²) < 4.78 is 17.5. The molecule has 4 aliphatic carbocycles. The molecule has 8 atom stereocenters. The third kappa shape index (κ3) is 4.74. The van der Waals surface area contributed by atoms with E-state index in [-0.39, 0.29) is 49.1 Å². The molecule has 10 nitrogen and oxygen atoms in total. The van der Waals surface area contributed by atoms with Crippen LogP contribution in [-0.2, 0) is 19.2 Å². The number of hydrazone groups is 1. The Kier molecular flexibility index (Phi) is 8.43. The smallest absolute Gasteiger partial charge is 0.259 e. The highest BCUT2D eigenvalue weighted by atomic mass is 19.1. The largest absolute Gasteiger partial charge is 0.390 e. The Bertz CT molecular complexity index is 1290. The zero-order valence-electron chi connectivity index (χ0n) is 25.1. The molecule has 3 fully saturated rings. The van der Waals surface area contributed by atoms with Gasteiger partial charge in [-0.05, 0) is 63.5 Å². The van der Waals surface area contributed by atoms with Crippen molar-refractivity contribution < 1.29 is 33.8 Å². The number of halogens is 1. The molecular weight excluding hydrogens is 543 g/mol. The van der Waals surface area contributed by atoms with E-state index >= 15 is 4.39 Å².